The minimum atomic E-state index is -0.568. The van der Waals surface area contributed by atoms with Crippen LogP contribution in [-0.2, 0) is 27.8 Å². The lowest BCUT2D eigenvalue weighted by molar-refractivity contribution is -0.151. The van der Waals surface area contributed by atoms with E-state index >= 15 is 0 Å². The number of fused-ring (bicyclic) bond motifs is 1. The molecule has 0 unspecified atom stereocenters. The van der Waals surface area contributed by atoms with Gasteiger partial charge in [-0.1, -0.05) is 30.4 Å². The van der Waals surface area contributed by atoms with Gasteiger partial charge in [0.1, 0.15) is 0 Å². The van der Waals surface area contributed by atoms with Gasteiger partial charge < -0.3 is 9.64 Å². The fourth-order valence-electron chi connectivity index (χ4n) is 2.63. The fourth-order valence-corrected chi connectivity index (χ4v) is 2.63. The molecule has 0 fully saturated rings. The first-order valence-electron chi connectivity index (χ1n) is 8.36. The number of hydrogen-bond acceptors (Lipinski definition) is 5. The Morgan fingerprint density at radius 3 is 2.54 bits per heavy atom. The molecule has 0 N–H and O–H groups in total. The van der Waals surface area contributed by atoms with Crippen molar-refractivity contribution in [3.63, 3.8) is 0 Å². The van der Waals surface area contributed by atoms with Crippen LogP contribution in [0.1, 0.15) is 19.5 Å². The van der Waals surface area contributed by atoms with E-state index in [-0.39, 0.29) is 24.5 Å². The Morgan fingerprint density at radius 1 is 1.27 bits per heavy atom. The van der Waals surface area contributed by atoms with Gasteiger partial charge in [-0.3, -0.25) is 14.4 Å². The monoisotopic (exact) mass is 357 g/mol. The van der Waals surface area contributed by atoms with Crippen molar-refractivity contribution in [3.05, 3.63) is 52.5 Å². The maximum Gasteiger partial charge on any atom is 0.312 e. The summed E-state index contributed by atoms with van der Waals surface area (Å²) in [6.45, 7) is 8.08. The fraction of sp³-hybridized carbons (Fsp3) is 0.368. The molecule has 0 saturated carbocycles. The Bertz CT molecular complexity index is 901. The minimum Gasteiger partial charge on any atom is -0.455 e. The predicted octanol–water partition coefficient (Wildman–Crippen LogP) is 1.44. The lowest BCUT2D eigenvalue weighted by Gasteiger charge is -2.20. The summed E-state index contributed by atoms with van der Waals surface area (Å²) in [4.78, 5) is 37.9. The number of rotatable bonds is 7. The molecule has 0 aliphatic carbocycles. The second kappa shape index (κ2) is 8.42. The highest BCUT2D eigenvalue weighted by Crippen LogP contribution is 2.13. The Morgan fingerprint density at radius 2 is 1.92 bits per heavy atom. The van der Waals surface area contributed by atoms with E-state index in [2.05, 4.69) is 11.7 Å². The van der Waals surface area contributed by atoms with Crippen molar-refractivity contribution in [1.29, 1.82) is 0 Å². The number of likely N-dealkylation sites (N-methyl/N-ethyl adjacent to an activating group) is 1. The quantitative estimate of drug-likeness (QED) is 0.553. The van der Waals surface area contributed by atoms with E-state index in [0.29, 0.717) is 29.6 Å². The summed E-state index contributed by atoms with van der Waals surface area (Å²) in [5, 5.41) is 5.25. The molecule has 0 radical (unpaired) electrons. The highest BCUT2D eigenvalue weighted by molar-refractivity contribution is 5.87. The highest BCUT2D eigenvalue weighted by Gasteiger charge is 2.17. The molecule has 26 heavy (non-hydrogen) atoms. The summed E-state index contributed by atoms with van der Waals surface area (Å²) in [6.07, 6.45) is -0.117. The molecule has 1 amide bonds. The van der Waals surface area contributed by atoms with E-state index in [1.54, 1.807) is 29.2 Å². The third-order valence-electron chi connectivity index (χ3n) is 3.90. The number of carbonyl (C=O) groups excluding carboxylic acids is 2. The lowest BCUT2D eigenvalue weighted by atomic mass is 10.1. The first-order valence-corrected chi connectivity index (χ1v) is 8.36. The zero-order valence-electron chi connectivity index (χ0n) is 15.3. The van der Waals surface area contributed by atoms with Crippen LogP contribution in [0.25, 0.3) is 10.8 Å². The van der Waals surface area contributed by atoms with E-state index < -0.39 is 5.97 Å². The molecular formula is C19H23N3O4. The average Bonchev–Trinajstić information content (AvgIpc) is 2.61. The first-order chi connectivity index (χ1) is 12.3. The number of ether oxygens (including phenoxy) is 1. The van der Waals surface area contributed by atoms with Gasteiger partial charge in [-0.2, -0.15) is 5.10 Å². The van der Waals surface area contributed by atoms with Gasteiger partial charge >= 0.3 is 5.97 Å². The molecule has 0 bridgehead atoms. The summed E-state index contributed by atoms with van der Waals surface area (Å²) in [5.41, 5.74) is 1.06. The molecule has 1 aromatic heterocycles. The number of carbonyl (C=O) groups is 2. The van der Waals surface area contributed by atoms with Gasteiger partial charge in [-0.05, 0) is 19.9 Å². The molecule has 138 valence electrons. The van der Waals surface area contributed by atoms with Gasteiger partial charge in [-0.15, -0.1) is 0 Å². The molecule has 0 spiro atoms. The normalized spacial score (nSPS) is 10.6. The number of esters is 1. The zero-order chi connectivity index (χ0) is 19.3. The summed E-state index contributed by atoms with van der Waals surface area (Å²) >= 11 is 0. The molecule has 2 aromatic rings. The van der Waals surface area contributed by atoms with Crippen LogP contribution < -0.4 is 5.56 Å². The van der Waals surface area contributed by atoms with Crippen molar-refractivity contribution in [2.24, 2.45) is 7.05 Å². The second-order valence-electron chi connectivity index (χ2n) is 6.12. The van der Waals surface area contributed by atoms with Gasteiger partial charge in [-0.25, -0.2) is 4.68 Å². The van der Waals surface area contributed by atoms with Crippen molar-refractivity contribution in [2.75, 3.05) is 19.7 Å². The van der Waals surface area contributed by atoms with Crippen LogP contribution in [0.4, 0.5) is 0 Å². The number of amides is 1. The van der Waals surface area contributed by atoms with Crippen LogP contribution in [0.15, 0.2) is 41.2 Å². The molecule has 1 heterocycles. The maximum atomic E-state index is 12.2. The molecule has 7 heteroatoms. The molecule has 1 aromatic carbocycles. The third kappa shape index (κ3) is 4.56. The molecule has 2 rings (SSSR count). The number of nitrogens with zero attached hydrogens (tertiary/aromatic N) is 3. The van der Waals surface area contributed by atoms with E-state index in [9.17, 15) is 14.4 Å². The van der Waals surface area contributed by atoms with E-state index in [1.165, 1.54) is 11.7 Å². The van der Waals surface area contributed by atoms with Gasteiger partial charge in [0.25, 0.3) is 11.5 Å². The number of hydrogen-bond donors (Lipinski definition) is 0. The van der Waals surface area contributed by atoms with Gasteiger partial charge in [0.05, 0.1) is 17.5 Å². The van der Waals surface area contributed by atoms with Crippen molar-refractivity contribution < 1.29 is 14.3 Å². The standard InChI is InChI=1S/C19H23N3O4/c1-5-22(11-13(2)3)17(23)12-26-18(24)10-16-14-8-6-7-9-15(14)19(25)21(4)20-16/h6-9H,2,5,10-12H2,1,3-4H3. The number of aromatic nitrogens is 2. The van der Waals surface area contributed by atoms with Crippen LogP contribution in [0, 0.1) is 0 Å². The van der Waals surface area contributed by atoms with E-state index in [1.807, 2.05) is 13.8 Å². The highest BCUT2D eigenvalue weighted by atomic mass is 16.5. The largest absolute Gasteiger partial charge is 0.455 e. The average molecular weight is 357 g/mol. The Hall–Kier alpha value is -2.96. The van der Waals surface area contributed by atoms with Crippen LogP contribution >= 0.6 is 0 Å². The molecular weight excluding hydrogens is 334 g/mol. The van der Waals surface area contributed by atoms with Crippen LogP contribution in [0.5, 0.6) is 0 Å². The second-order valence-corrected chi connectivity index (χ2v) is 6.12. The van der Waals surface area contributed by atoms with Crippen molar-refractivity contribution in [3.8, 4) is 0 Å². The first kappa shape index (κ1) is 19.4. The molecule has 0 atom stereocenters. The minimum absolute atomic E-state index is 0.117. The number of aryl methyl sites for hydroxylation is 1. The van der Waals surface area contributed by atoms with Crippen molar-refractivity contribution in [2.45, 2.75) is 20.3 Å². The Labute approximate surface area is 151 Å². The smallest absolute Gasteiger partial charge is 0.312 e. The van der Waals surface area contributed by atoms with Crippen molar-refractivity contribution in [1.82, 2.24) is 14.7 Å². The maximum absolute atomic E-state index is 12.2. The van der Waals surface area contributed by atoms with Gasteiger partial charge in [0, 0.05) is 25.5 Å². The third-order valence-corrected chi connectivity index (χ3v) is 3.90. The van der Waals surface area contributed by atoms with E-state index in [4.69, 9.17) is 4.74 Å². The van der Waals surface area contributed by atoms with E-state index in [0.717, 1.165) is 5.57 Å². The van der Waals surface area contributed by atoms with Crippen LogP contribution in [0.3, 0.4) is 0 Å². The zero-order valence-corrected chi connectivity index (χ0v) is 15.3. The summed E-state index contributed by atoms with van der Waals surface area (Å²) in [6, 6.07) is 6.96. The SMILES string of the molecule is C=C(C)CN(CC)C(=O)COC(=O)Cc1nn(C)c(=O)c2ccccc12. The van der Waals surface area contributed by atoms with Gasteiger partial charge in [0.2, 0.25) is 0 Å². The molecule has 0 aliphatic rings. The predicted molar refractivity (Wildman–Crippen MR) is 98.7 cm³/mol. The lowest BCUT2D eigenvalue weighted by Crippen LogP contribution is -2.35. The Balaban J connectivity index is 2.08. The molecule has 0 saturated heterocycles. The van der Waals surface area contributed by atoms with Gasteiger partial charge in [0.15, 0.2) is 6.61 Å². The topological polar surface area (TPSA) is 81.5 Å². The summed E-state index contributed by atoms with van der Waals surface area (Å²) in [5.74, 6) is -0.844. The molecule has 7 nitrogen and oxygen atoms in total. The van der Waals surface area contributed by atoms with Crippen LogP contribution in [0.2, 0.25) is 0 Å². The summed E-state index contributed by atoms with van der Waals surface area (Å²) < 4.78 is 6.30. The summed E-state index contributed by atoms with van der Waals surface area (Å²) in [7, 11) is 1.53. The van der Waals surface area contributed by atoms with Crippen LogP contribution in [-0.4, -0.2) is 46.3 Å². The number of benzene rings is 1. The Kier molecular flexibility index (Phi) is 6.27. The van der Waals surface area contributed by atoms with Crippen molar-refractivity contribution >= 4 is 22.6 Å². The molecule has 0 aliphatic heterocycles.